The number of carbonyl (C=O) groups excluding carboxylic acids is 4. The molecule has 0 radical (unpaired) electrons. The third-order valence-corrected chi connectivity index (χ3v) is 10.8. The number of carbonyl (C=O) groups is 4. The van der Waals surface area contributed by atoms with Gasteiger partial charge in [-0.25, -0.2) is 4.79 Å². The highest BCUT2D eigenvalue weighted by Crippen LogP contribution is 2.44. The fourth-order valence-electron chi connectivity index (χ4n) is 8.14. The van der Waals surface area contributed by atoms with E-state index in [4.69, 9.17) is 9.47 Å². The van der Waals surface area contributed by atoms with E-state index in [1.807, 2.05) is 6.07 Å². The van der Waals surface area contributed by atoms with Gasteiger partial charge in [-0.3, -0.25) is 19.2 Å². The maximum absolute atomic E-state index is 13.8. The number of Topliss-reactive ketones (excluding diaryl/α,β-unsaturated/α-hetero) is 1. The molecule has 286 valence electrons. The molecule has 1 saturated heterocycles. The van der Waals surface area contributed by atoms with Gasteiger partial charge in [0.15, 0.2) is 0 Å². The van der Waals surface area contributed by atoms with E-state index in [0.29, 0.717) is 69.5 Å². The molecule has 2 bridgehead atoms. The smallest absolute Gasteiger partial charge is 0.342 e. The van der Waals surface area contributed by atoms with E-state index in [1.165, 1.54) is 13.2 Å². The monoisotopic (exact) mass is 739 g/mol. The molecule has 3 aliphatic rings. The number of hydrogen-bond donors (Lipinski definition) is 3. The van der Waals surface area contributed by atoms with Crippen molar-refractivity contribution in [2.24, 2.45) is 5.92 Å². The minimum atomic E-state index is -0.944. The summed E-state index contributed by atoms with van der Waals surface area (Å²) in [5.74, 6) is -2.46. The summed E-state index contributed by atoms with van der Waals surface area (Å²) in [5, 5.41) is 26.2. The molecule has 1 fully saturated rings. The second-order valence-electron chi connectivity index (χ2n) is 14.8. The maximum atomic E-state index is 13.8. The van der Waals surface area contributed by atoms with Crippen LogP contribution >= 0.6 is 0 Å². The molecule has 3 aromatic rings. The van der Waals surface area contributed by atoms with Crippen LogP contribution in [0.2, 0.25) is 0 Å². The zero-order valence-corrected chi connectivity index (χ0v) is 31.1. The summed E-state index contributed by atoms with van der Waals surface area (Å²) in [4.78, 5) is 67.8. The first-order valence-corrected chi connectivity index (χ1v) is 18.8. The van der Waals surface area contributed by atoms with Crippen LogP contribution in [0, 0.1) is 5.92 Å². The number of rotatable bonds is 7. The fourth-order valence-corrected chi connectivity index (χ4v) is 8.14. The van der Waals surface area contributed by atoms with Gasteiger partial charge in [-0.2, -0.15) is 0 Å². The molecule has 0 spiro atoms. The third kappa shape index (κ3) is 8.53. The predicted octanol–water partition coefficient (Wildman–Crippen LogP) is 5.42. The number of likely N-dealkylation sites (tertiary alicyclic amines) is 1. The number of cyclic esters (lactones) is 1. The molecule has 3 N–H and O–H groups in total. The number of phenolic OH excluding ortho intramolecular Hbond substituents is 2. The molecule has 4 heterocycles. The van der Waals surface area contributed by atoms with Crippen LogP contribution < -0.4 is 15.6 Å². The van der Waals surface area contributed by atoms with Gasteiger partial charge in [-0.1, -0.05) is 30.4 Å². The average molecular weight is 740 g/mol. The number of phenols is 2. The van der Waals surface area contributed by atoms with Crippen LogP contribution in [0.15, 0.2) is 59.4 Å². The number of nitrogens with one attached hydrogen (secondary N) is 1. The standard InChI is InChI=1S/C42H49N3O9/c1-25-9-7-12-31(46)11-6-4-5-10-29-20-35(47)39(40(50)38(29)42(52)54-25)33(28-15-17-32(53-3)18-16-28)21-36(48)43-26(2)41(51)44-22-27-19-30(24-44)34-13-8-14-37(49)45(34)23-27/h5,8,10,13-18,20,25-27,30,33,47,50H,4,6-7,9,11-12,19,21-24H2,1-3H3,(H,43,48)/b10-5+/t25-,26-,27+,30-,33?/m0/s1. The summed E-state index contributed by atoms with van der Waals surface area (Å²) in [7, 11) is 1.52. The number of allylic oxidation sites excluding steroid dienone is 1. The van der Waals surface area contributed by atoms with Gasteiger partial charge in [0.25, 0.3) is 5.56 Å². The Morgan fingerprint density at radius 3 is 2.54 bits per heavy atom. The van der Waals surface area contributed by atoms with E-state index < -0.39 is 35.7 Å². The van der Waals surface area contributed by atoms with E-state index in [1.54, 1.807) is 71.9 Å². The lowest BCUT2D eigenvalue weighted by atomic mass is 9.83. The lowest BCUT2D eigenvalue weighted by Crippen LogP contribution is -2.54. The van der Waals surface area contributed by atoms with Crippen LogP contribution in [0.25, 0.3) is 6.08 Å². The molecule has 54 heavy (non-hydrogen) atoms. The van der Waals surface area contributed by atoms with Gasteiger partial charge < -0.3 is 34.5 Å². The summed E-state index contributed by atoms with van der Waals surface area (Å²) in [5.41, 5.74) is 1.50. The highest BCUT2D eigenvalue weighted by atomic mass is 16.5. The van der Waals surface area contributed by atoms with Crippen LogP contribution in [-0.2, 0) is 25.7 Å². The number of pyridine rings is 1. The number of hydrogen-bond acceptors (Lipinski definition) is 9. The zero-order chi connectivity index (χ0) is 38.5. The van der Waals surface area contributed by atoms with Gasteiger partial charge in [0.05, 0.1) is 13.2 Å². The molecule has 2 aromatic carbocycles. The summed E-state index contributed by atoms with van der Waals surface area (Å²) < 4.78 is 12.9. The predicted molar refractivity (Wildman–Crippen MR) is 202 cm³/mol. The summed E-state index contributed by atoms with van der Waals surface area (Å²) in [6.07, 6.45) is 6.52. The van der Waals surface area contributed by atoms with E-state index in [9.17, 15) is 34.2 Å². The number of piperidine rings is 1. The Morgan fingerprint density at radius 1 is 1.02 bits per heavy atom. The average Bonchev–Trinajstić information content (AvgIpc) is 3.13. The van der Waals surface area contributed by atoms with Gasteiger partial charge in [0.2, 0.25) is 11.8 Å². The quantitative estimate of drug-likeness (QED) is 0.269. The van der Waals surface area contributed by atoms with Crippen molar-refractivity contribution in [3.05, 3.63) is 92.9 Å². The van der Waals surface area contributed by atoms with Crippen molar-refractivity contribution in [3.63, 3.8) is 0 Å². The molecule has 0 aliphatic carbocycles. The number of aromatic nitrogens is 1. The number of nitrogens with zero attached hydrogens (tertiary/aromatic N) is 2. The molecule has 3 aliphatic heterocycles. The first kappa shape index (κ1) is 38.3. The van der Waals surface area contributed by atoms with Crippen LogP contribution in [0.3, 0.4) is 0 Å². The molecule has 2 amide bonds. The molecule has 12 nitrogen and oxygen atoms in total. The number of aromatic hydroxyl groups is 2. The SMILES string of the molecule is COc1ccc(C(CC(=O)N[C@@H](C)C(=O)N2C[C@H]3C[C@@H](C2)c2cccc(=O)n2C3)c2c(O)cc3c(c2O)C(=O)O[C@@H](C)CCCC(=O)CCC/C=C/3)cc1. The Kier molecular flexibility index (Phi) is 11.9. The van der Waals surface area contributed by atoms with Crippen molar-refractivity contribution in [2.45, 2.75) is 95.7 Å². The van der Waals surface area contributed by atoms with Crippen molar-refractivity contribution in [1.29, 1.82) is 0 Å². The van der Waals surface area contributed by atoms with Crippen molar-refractivity contribution in [1.82, 2.24) is 14.8 Å². The van der Waals surface area contributed by atoms with E-state index in [0.717, 1.165) is 12.1 Å². The first-order valence-electron chi connectivity index (χ1n) is 18.8. The van der Waals surface area contributed by atoms with Crippen molar-refractivity contribution in [3.8, 4) is 17.2 Å². The molecule has 1 unspecified atom stereocenters. The highest BCUT2D eigenvalue weighted by Gasteiger charge is 2.38. The Bertz CT molecular complexity index is 1990. The molecular formula is C42H49N3O9. The number of methoxy groups -OCH3 is 1. The molecule has 5 atom stereocenters. The Morgan fingerprint density at radius 2 is 1.78 bits per heavy atom. The largest absolute Gasteiger partial charge is 0.507 e. The van der Waals surface area contributed by atoms with Crippen molar-refractivity contribution < 1.29 is 38.9 Å². The molecule has 0 saturated carbocycles. The number of esters is 1. The Labute approximate surface area is 314 Å². The summed E-state index contributed by atoms with van der Waals surface area (Å²) in [6.45, 7) is 4.81. The number of fused-ring (bicyclic) bond motifs is 5. The highest BCUT2D eigenvalue weighted by molar-refractivity contribution is 5.98. The second-order valence-corrected chi connectivity index (χ2v) is 14.8. The topological polar surface area (TPSA) is 164 Å². The number of ether oxygens (including phenoxy) is 2. The van der Waals surface area contributed by atoms with Crippen LogP contribution in [0.1, 0.15) is 110 Å². The van der Waals surface area contributed by atoms with Gasteiger partial charge in [-0.05, 0) is 87.3 Å². The normalized spacial score (nSPS) is 22.1. The summed E-state index contributed by atoms with van der Waals surface area (Å²) >= 11 is 0. The number of amides is 2. The zero-order valence-electron chi connectivity index (χ0n) is 31.1. The van der Waals surface area contributed by atoms with E-state index >= 15 is 0 Å². The number of benzene rings is 2. The van der Waals surface area contributed by atoms with Crippen LogP contribution in [0.4, 0.5) is 0 Å². The number of ketones is 1. The molecule has 6 rings (SSSR count). The second kappa shape index (κ2) is 16.7. The Balaban J connectivity index is 1.27. The fraction of sp³-hybridized carbons (Fsp3) is 0.452. The minimum Gasteiger partial charge on any atom is -0.507 e. The minimum absolute atomic E-state index is 0.0197. The first-order chi connectivity index (χ1) is 25.9. The maximum Gasteiger partial charge on any atom is 0.342 e. The van der Waals surface area contributed by atoms with Gasteiger partial charge in [0.1, 0.15) is 34.6 Å². The van der Waals surface area contributed by atoms with Gasteiger partial charge in [0, 0.05) is 68.1 Å². The molecule has 1 aromatic heterocycles. The van der Waals surface area contributed by atoms with Crippen molar-refractivity contribution in [2.75, 3.05) is 20.2 Å². The Hall–Kier alpha value is -5.39. The van der Waals surface area contributed by atoms with Crippen LogP contribution in [0.5, 0.6) is 17.2 Å². The molecule has 12 heteroatoms. The lowest BCUT2D eigenvalue weighted by Gasteiger charge is -2.43. The molecular weight excluding hydrogens is 690 g/mol. The van der Waals surface area contributed by atoms with E-state index in [2.05, 4.69) is 5.32 Å². The van der Waals surface area contributed by atoms with E-state index in [-0.39, 0.29) is 57.9 Å². The third-order valence-electron chi connectivity index (χ3n) is 10.8. The van der Waals surface area contributed by atoms with Crippen molar-refractivity contribution >= 4 is 29.6 Å². The van der Waals surface area contributed by atoms with Gasteiger partial charge in [-0.15, -0.1) is 0 Å². The van der Waals surface area contributed by atoms with Gasteiger partial charge >= 0.3 is 5.97 Å². The lowest BCUT2D eigenvalue weighted by molar-refractivity contribution is -0.138. The van der Waals surface area contributed by atoms with Crippen LogP contribution in [-0.4, -0.2) is 75.6 Å². The summed E-state index contributed by atoms with van der Waals surface area (Å²) in [6, 6.07) is 12.6.